The first-order valence-corrected chi connectivity index (χ1v) is 10.1. The first-order chi connectivity index (χ1) is 11.6. The van der Waals surface area contributed by atoms with E-state index in [1.54, 1.807) is 0 Å². The molecule has 0 spiro atoms. The molecule has 0 heterocycles. The van der Waals surface area contributed by atoms with Crippen LogP contribution < -0.4 is 0 Å². The van der Waals surface area contributed by atoms with Crippen LogP contribution in [0.2, 0.25) is 0 Å². The molecule has 0 aromatic rings. The summed E-state index contributed by atoms with van der Waals surface area (Å²) in [7, 11) is 0. The summed E-state index contributed by atoms with van der Waals surface area (Å²) in [5, 5.41) is 9.68. The van der Waals surface area contributed by atoms with Crippen molar-refractivity contribution in [2.45, 2.75) is 98.0 Å². The predicted octanol–water partition coefficient (Wildman–Crippen LogP) is 5.44. The number of carboxylic acid groups (broad SMARTS) is 1. The van der Waals surface area contributed by atoms with Gasteiger partial charge < -0.3 is 9.84 Å². The molecule has 0 aromatic carbocycles. The summed E-state index contributed by atoms with van der Waals surface area (Å²) in [5.41, 5.74) is -0.584. The average Bonchev–Trinajstić information content (AvgIpc) is 2.48. The second kappa shape index (κ2) is 10.2. The van der Waals surface area contributed by atoms with E-state index in [9.17, 15) is 14.7 Å². The Balaban J connectivity index is 2.74. The monoisotopic (exact) mass is 354 g/mol. The lowest BCUT2D eigenvalue weighted by atomic mass is 9.80. The SMILES string of the molecule is CC(C)CC(C(=O)O)[C@H](CCCC1CCCCC1)C(=O)OC(C)(C)C. The van der Waals surface area contributed by atoms with Crippen molar-refractivity contribution in [1.82, 2.24) is 0 Å². The van der Waals surface area contributed by atoms with Gasteiger partial charge in [0.05, 0.1) is 11.8 Å². The molecule has 1 unspecified atom stereocenters. The molecule has 0 aliphatic heterocycles. The highest BCUT2D eigenvalue weighted by molar-refractivity contribution is 5.81. The van der Waals surface area contributed by atoms with Crippen molar-refractivity contribution < 1.29 is 19.4 Å². The average molecular weight is 355 g/mol. The van der Waals surface area contributed by atoms with Crippen LogP contribution in [0.15, 0.2) is 0 Å². The fourth-order valence-corrected chi connectivity index (χ4v) is 3.91. The van der Waals surface area contributed by atoms with Gasteiger partial charge in [-0.15, -0.1) is 0 Å². The highest BCUT2D eigenvalue weighted by atomic mass is 16.6. The number of rotatable bonds is 9. The molecule has 0 saturated heterocycles. The first-order valence-electron chi connectivity index (χ1n) is 10.1. The van der Waals surface area contributed by atoms with Crippen molar-refractivity contribution in [3.63, 3.8) is 0 Å². The standard InChI is InChI=1S/C21H38O4/c1-15(2)14-18(19(22)23)17(20(24)25-21(3,4)5)13-9-12-16-10-7-6-8-11-16/h15-18H,6-14H2,1-5H3,(H,22,23)/t17-,18?/m0/s1. The molecule has 4 heteroatoms. The molecular formula is C21H38O4. The van der Waals surface area contributed by atoms with E-state index in [1.165, 1.54) is 32.1 Å². The van der Waals surface area contributed by atoms with Crippen LogP contribution in [0.25, 0.3) is 0 Å². The lowest BCUT2D eigenvalue weighted by molar-refractivity contribution is -0.167. The molecule has 4 nitrogen and oxygen atoms in total. The molecular weight excluding hydrogens is 316 g/mol. The van der Waals surface area contributed by atoms with Crippen molar-refractivity contribution in [3.8, 4) is 0 Å². The van der Waals surface area contributed by atoms with Gasteiger partial charge in [-0.25, -0.2) is 0 Å². The number of carbonyl (C=O) groups excluding carboxylic acids is 1. The molecule has 0 aromatic heterocycles. The van der Waals surface area contributed by atoms with Crippen LogP contribution in [-0.2, 0) is 14.3 Å². The lowest BCUT2D eigenvalue weighted by Crippen LogP contribution is -2.36. The second-order valence-corrected chi connectivity index (χ2v) is 9.15. The van der Waals surface area contributed by atoms with Crippen LogP contribution in [0.4, 0.5) is 0 Å². The normalized spacial score (nSPS) is 18.8. The van der Waals surface area contributed by atoms with E-state index in [1.807, 2.05) is 34.6 Å². The summed E-state index contributed by atoms with van der Waals surface area (Å²) in [5.74, 6) is -1.42. The first kappa shape index (κ1) is 22.0. The van der Waals surface area contributed by atoms with Gasteiger partial charge in [0.1, 0.15) is 5.60 Å². The number of esters is 1. The minimum atomic E-state index is -0.873. The minimum Gasteiger partial charge on any atom is -0.481 e. The minimum absolute atomic E-state index is 0.240. The maximum atomic E-state index is 12.7. The fourth-order valence-electron chi connectivity index (χ4n) is 3.91. The molecule has 25 heavy (non-hydrogen) atoms. The van der Waals surface area contributed by atoms with Crippen LogP contribution in [0.5, 0.6) is 0 Å². The van der Waals surface area contributed by atoms with Gasteiger partial charge >= 0.3 is 11.9 Å². The maximum absolute atomic E-state index is 12.7. The molecule has 1 saturated carbocycles. The Morgan fingerprint density at radius 1 is 1.08 bits per heavy atom. The topological polar surface area (TPSA) is 63.6 Å². The van der Waals surface area contributed by atoms with Gasteiger partial charge in [0.25, 0.3) is 0 Å². The van der Waals surface area contributed by atoms with E-state index in [0.29, 0.717) is 12.8 Å². The van der Waals surface area contributed by atoms with Crippen molar-refractivity contribution in [2.24, 2.45) is 23.7 Å². The molecule has 1 rings (SSSR count). The van der Waals surface area contributed by atoms with Crippen molar-refractivity contribution in [2.75, 3.05) is 0 Å². The summed E-state index contributed by atoms with van der Waals surface area (Å²) in [6.45, 7) is 9.51. The third-order valence-electron chi connectivity index (χ3n) is 5.09. The summed E-state index contributed by atoms with van der Waals surface area (Å²) in [6, 6.07) is 0. The molecule has 0 bridgehead atoms. The van der Waals surface area contributed by atoms with Crippen molar-refractivity contribution >= 4 is 11.9 Å². The zero-order chi connectivity index (χ0) is 19.0. The fraction of sp³-hybridized carbons (Fsp3) is 0.905. The Morgan fingerprint density at radius 3 is 2.16 bits per heavy atom. The van der Waals surface area contributed by atoms with E-state index in [0.717, 1.165) is 18.8 Å². The third-order valence-corrected chi connectivity index (χ3v) is 5.09. The van der Waals surface area contributed by atoms with Crippen LogP contribution in [0.3, 0.4) is 0 Å². The Hall–Kier alpha value is -1.06. The van der Waals surface area contributed by atoms with E-state index in [4.69, 9.17) is 4.74 Å². The van der Waals surface area contributed by atoms with Gasteiger partial charge in [-0.05, 0) is 45.4 Å². The number of carbonyl (C=O) groups is 2. The third kappa shape index (κ3) is 8.73. The van der Waals surface area contributed by atoms with E-state index < -0.39 is 23.4 Å². The van der Waals surface area contributed by atoms with Crippen LogP contribution in [0, 0.1) is 23.7 Å². The predicted molar refractivity (Wildman–Crippen MR) is 100 cm³/mol. The molecule has 1 N–H and O–H groups in total. The maximum Gasteiger partial charge on any atom is 0.310 e. The molecule has 1 aliphatic carbocycles. The van der Waals surface area contributed by atoms with Crippen LogP contribution in [0.1, 0.15) is 92.4 Å². The van der Waals surface area contributed by atoms with E-state index in [2.05, 4.69) is 0 Å². The summed E-state index contributed by atoms with van der Waals surface area (Å²) >= 11 is 0. The molecule has 0 amide bonds. The number of hydrogen-bond donors (Lipinski definition) is 1. The number of carboxylic acids is 1. The Bertz CT molecular complexity index is 416. The van der Waals surface area contributed by atoms with Gasteiger partial charge in [0.2, 0.25) is 0 Å². The summed E-state index contributed by atoms with van der Waals surface area (Å²) in [4.78, 5) is 24.5. The van der Waals surface area contributed by atoms with Gasteiger partial charge in [0.15, 0.2) is 0 Å². The molecule has 1 aliphatic rings. The van der Waals surface area contributed by atoms with Gasteiger partial charge in [0, 0.05) is 0 Å². The molecule has 2 atom stereocenters. The highest BCUT2D eigenvalue weighted by Crippen LogP contribution is 2.32. The van der Waals surface area contributed by atoms with Crippen LogP contribution in [-0.4, -0.2) is 22.6 Å². The number of ether oxygens (including phenoxy) is 1. The zero-order valence-corrected chi connectivity index (χ0v) is 16.8. The quantitative estimate of drug-likeness (QED) is 0.560. The Kier molecular flexibility index (Phi) is 8.95. The molecule has 1 fully saturated rings. The zero-order valence-electron chi connectivity index (χ0n) is 16.8. The lowest BCUT2D eigenvalue weighted by Gasteiger charge is -2.29. The largest absolute Gasteiger partial charge is 0.481 e. The smallest absolute Gasteiger partial charge is 0.310 e. The Morgan fingerprint density at radius 2 is 1.68 bits per heavy atom. The number of aliphatic carboxylic acids is 1. The van der Waals surface area contributed by atoms with E-state index in [-0.39, 0.29) is 11.9 Å². The summed E-state index contributed by atoms with van der Waals surface area (Å²) < 4.78 is 5.55. The summed E-state index contributed by atoms with van der Waals surface area (Å²) in [6.07, 6.45) is 9.68. The van der Waals surface area contributed by atoms with Gasteiger partial charge in [-0.3, -0.25) is 9.59 Å². The number of hydrogen-bond acceptors (Lipinski definition) is 3. The second-order valence-electron chi connectivity index (χ2n) is 9.15. The van der Waals surface area contributed by atoms with Gasteiger partial charge in [-0.2, -0.15) is 0 Å². The molecule has 146 valence electrons. The van der Waals surface area contributed by atoms with Crippen molar-refractivity contribution in [1.29, 1.82) is 0 Å². The van der Waals surface area contributed by atoms with Crippen LogP contribution >= 0.6 is 0 Å². The Labute approximate surface area is 153 Å². The van der Waals surface area contributed by atoms with Gasteiger partial charge in [-0.1, -0.05) is 58.8 Å². The van der Waals surface area contributed by atoms with Crippen molar-refractivity contribution in [3.05, 3.63) is 0 Å². The highest BCUT2D eigenvalue weighted by Gasteiger charge is 2.36. The van der Waals surface area contributed by atoms with E-state index >= 15 is 0 Å². The molecule has 0 radical (unpaired) electrons.